The molecule has 1 saturated carbocycles. The average Bonchev–Trinajstić information content (AvgIpc) is 2.46. The normalized spacial score (nSPS) is 23.6. The molecule has 0 bridgehead atoms. The minimum Gasteiger partial charge on any atom is -0.399 e. The van der Waals surface area contributed by atoms with Crippen LogP contribution in [0, 0.1) is 18.3 Å². The average molecular weight is 293 g/mol. The van der Waals surface area contributed by atoms with Crippen LogP contribution in [0.2, 0.25) is 0 Å². The van der Waals surface area contributed by atoms with Crippen molar-refractivity contribution in [1.29, 1.82) is 5.26 Å². The molecule has 112 valence electrons. The van der Waals surface area contributed by atoms with Gasteiger partial charge < -0.3 is 10.8 Å². The number of aryl methyl sites for hydroxylation is 1. The number of pyridine rings is 1. The van der Waals surface area contributed by atoms with E-state index in [0.29, 0.717) is 24.1 Å². The first-order valence-corrected chi connectivity index (χ1v) is 7.38. The minimum absolute atomic E-state index is 0.167. The van der Waals surface area contributed by atoms with Crippen molar-refractivity contribution in [1.82, 2.24) is 4.98 Å². The number of nitrogens with zero attached hydrogens (tertiary/aromatic N) is 2. The first kappa shape index (κ1) is 14.6. The van der Waals surface area contributed by atoms with E-state index in [1.165, 1.54) is 0 Å². The molecule has 0 saturated heterocycles. The predicted octanol–water partition coefficient (Wildman–Crippen LogP) is 3.14. The lowest BCUT2D eigenvalue weighted by Crippen LogP contribution is -2.39. The molecule has 1 aliphatic rings. The minimum atomic E-state index is -0.623. The van der Waals surface area contributed by atoms with Crippen LogP contribution in [0.25, 0.3) is 11.1 Å². The van der Waals surface area contributed by atoms with Crippen molar-refractivity contribution in [3.05, 3.63) is 47.3 Å². The van der Waals surface area contributed by atoms with Crippen LogP contribution < -0.4 is 5.73 Å². The van der Waals surface area contributed by atoms with Gasteiger partial charge in [0.15, 0.2) is 0 Å². The molecule has 4 heteroatoms. The first-order valence-electron chi connectivity index (χ1n) is 7.38. The summed E-state index contributed by atoms with van der Waals surface area (Å²) in [4.78, 5) is 4.51. The molecule has 0 unspecified atom stereocenters. The summed E-state index contributed by atoms with van der Waals surface area (Å²) in [6.07, 6.45) is 3.11. The Morgan fingerprint density at radius 3 is 2.73 bits per heavy atom. The van der Waals surface area contributed by atoms with Crippen molar-refractivity contribution in [3.63, 3.8) is 0 Å². The van der Waals surface area contributed by atoms with E-state index in [9.17, 15) is 10.4 Å². The van der Waals surface area contributed by atoms with E-state index in [-0.39, 0.29) is 5.92 Å². The highest BCUT2D eigenvalue weighted by atomic mass is 16.3. The van der Waals surface area contributed by atoms with Gasteiger partial charge in [-0.25, -0.2) is 0 Å². The number of nitrogens with two attached hydrogens (primary N) is 1. The summed E-state index contributed by atoms with van der Waals surface area (Å²) >= 11 is 0. The van der Waals surface area contributed by atoms with Crippen LogP contribution in [0.15, 0.2) is 30.5 Å². The van der Waals surface area contributed by atoms with Gasteiger partial charge in [0.25, 0.3) is 0 Å². The molecule has 0 spiro atoms. The number of rotatable bonds is 2. The molecule has 3 rings (SSSR count). The van der Waals surface area contributed by atoms with Gasteiger partial charge in [-0.3, -0.25) is 4.98 Å². The molecule has 22 heavy (non-hydrogen) atoms. The number of anilines is 1. The fraction of sp³-hybridized carbons (Fsp3) is 0.333. The van der Waals surface area contributed by atoms with E-state index >= 15 is 0 Å². The Morgan fingerprint density at radius 2 is 2.09 bits per heavy atom. The molecule has 0 amide bonds. The monoisotopic (exact) mass is 293 g/mol. The SMILES string of the molecule is Cc1ccc(N)cc1-c1cnc(C2CC(C)(O)C2)c(C#N)c1. The number of aromatic nitrogens is 1. The van der Waals surface area contributed by atoms with Gasteiger partial charge in [-0.2, -0.15) is 5.26 Å². The molecule has 4 nitrogen and oxygen atoms in total. The number of nitriles is 1. The van der Waals surface area contributed by atoms with Crippen molar-refractivity contribution in [3.8, 4) is 17.2 Å². The maximum atomic E-state index is 9.88. The summed E-state index contributed by atoms with van der Waals surface area (Å²) in [5.74, 6) is 0.167. The number of hydrogen-bond acceptors (Lipinski definition) is 4. The third kappa shape index (κ3) is 2.56. The highest BCUT2D eigenvalue weighted by Gasteiger charge is 2.40. The molecule has 3 N–H and O–H groups in total. The molecule has 2 aromatic rings. The van der Waals surface area contributed by atoms with E-state index in [1.54, 1.807) is 6.20 Å². The third-order valence-electron chi connectivity index (χ3n) is 4.37. The largest absolute Gasteiger partial charge is 0.399 e. The number of aliphatic hydroxyl groups is 1. The van der Waals surface area contributed by atoms with Crippen molar-refractivity contribution in [2.45, 2.75) is 38.2 Å². The zero-order valence-electron chi connectivity index (χ0n) is 12.8. The van der Waals surface area contributed by atoms with Crippen molar-refractivity contribution >= 4 is 5.69 Å². The lowest BCUT2D eigenvalue weighted by molar-refractivity contribution is -0.0323. The van der Waals surface area contributed by atoms with Crippen LogP contribution in [-0.4, -0.2) is 15.7 Å². The number of benzene rings is 1. The van der Waals surface area contributed by atoms with E-state index in [0.717, 1.165) is 22.4 Å². The molecule has 1 heterocycles. The van der Waals surface area contributed by atoms with Gasteiger partial charge in [0.1, 0.15) is 6.07 Å². The maximum Gasteiger partial charge on any atom is 0.101 e. The maximum absolute atomic E-state index is 9.88. The van der Waals surface area contributed by atoms with Gasteiger partial charge in [0, 0.05) is 23.4 Å². The molecule has 0 atom stereocenters. The summed E-state index contributed by atoms with van der Waals surface area (Å²) in [6, 6.07) is 9.85. The van der Waals surface area contributed by atoms with Crippen LogP contribution in [-0.2, 0) is 0 Å². The summed E-state index contributed by atoms with van der Waals surface area (Å²) in [7, 11) is 0. The third-order valence-corrected chi connectivity index (χ3v) is 4.37. The second kappa shape index (κ2) is 5.11. The molecule has 0 aliphatic heterocycles. The zero-order valence-corrected chi connectivity index (χ0v) is 12.8. The second-order valence-electron chi connectivity index (χ2n) is 6.45. The molecule has 1 aromatic heterocycles. The van der Waals surface area contributed by atoms with E-state index in [2.05, 4.69) is 11.1 Å². The van der Waals surface area contributed by atoms with Crippen LogP contribution in [0.5, 0.6) is 0 Å². The Labute approximate surface area is 130 Å². The smallest absolute Gasteiger partial charge is 0.101 e. The Bertz CT molecular complexity index is 766. The quantitative estimate of drug-likeness (QED) is 0.833. The zero-order chi connectivity index (χ0) is 15.9. The first-order chi connectivity index (χ1) is 10.4. The van der Waals surface area contributed by atoms with Gasteiger partial charge in [0.2, 0.25) is 0 Å². The molecule has 1 aromatic carbocycles. The molecular weight excluding hydrogens is 274 g/mol. The van der Waals surface area contributed by atoms with Crippen LogP contribution in [0.3, 0.4) is 0 Å². The summed E-state index contributed by atoms with van der Waals surface area (Å²) in [5.41, 5.74) is 10.3. The molecular formula is C18H19N3O. The Kier molecular flexibility index (Phi) is 3.38. The molecule has 1 fully saturated rings. The standard InChI is InChI=1S/C18H19N3O/c1-11-3-4-15(20)6-16(11)13-5-12(9-19)17(21-10-13)14-7-18(2,22)8-14/h3-6,10,14,22H,7-8,20H2,1-2H3. The van der Waals surface area contributed by atoms with Crippen molar-refractivity contribution < 1.29 is 5.11 Å². The van der Waals surface area contributed by atoms with Crippen molar-refractivity contribution in [2.24, 2.45) is 0 Å². The number of hydrogen-bond donors (Lipinski definition) is 2. The highest BCUT2D eigenvalue weighted by molar-refractivity contribution is 5.71. The van der Waals surface area contributed by atoms with Crippen LogP contribution in [0.1, 0.15) is 42.5 Å². The highest BCUT2D eigenvalue weighted by Crippen LogP contribution is 2.44. The fourth-order valence-corrected chi connectivity index (χ4v) is 3.18. The van der Waals surface area contributed by atoms with Gasteiger partial charge in [0.05, 0.1) is 16.9 Å². The van der Waals surface area contributed by atoms with Gasteiger partial charge in [-0.15, -0.1) is 0 Å². The fourth-order valence-electron chi connectivity index (χ4n) is 3.18. The van der Waals surface area contributed by atoms with Crippen LogP contribution >= 0.6 is 0 Å². The van der Waals surface area contributed by atoms with E-state index in [4.69, 9.17) is 5.73 Å². The second-order valence-corrected chi connectivity index (χ2v) is 6.45. The van der Waals surface area contributed by atoms with Gasteiger partial charge in [-0.1, -0.05) is 6.07 Å². The Morgan fingerprint density at radius 1 is 1.36 bits per heavy atom. The molecule has 0 radical (unpaired) electrons. The van der Waals surface area contributed by atoms with Gasteiger partial charge in [-0.05, 0) is 56.0 Å². The Hall–Kier alpha value is -2.38. The van der Waals surface area contributed by atoms with E-state index in [1.807, 2.05) is 38.1 Å². The topological polar surface area (TPSA) is 82.9 Å². The molecule has 1 aliphatic carbocycles. The lowest BCUT2D eigenvalue weighted by atomic mass is 9.70. The van der Waals surface area contributed by atoms with Crippen molar-refractivity contribution in [2.75, 3.05) is 5.73 Å². The van der Waals surface area contributed by atoms with E-state index < -0.39 is 5.60 Å². The summed E-state index contributed by atoms with van der Waals surface area (Å²) < 4.78 is 0. The lowest BCUT2D eigenvalue weighted by Gasteiger charge is -2.40. The summed E-state index contributed by atoms with van der Waals surface area (Å²) in [5, 5.41) is 19.3. The predicted molar refractivity (Wildman–Crippen MR) is 86.1 cm³/mol. The number of nitrogen functional groups attached to an aromatic ring is 1. The Balaban J connectivity index is 1.99. The van der Waals surface area contributed by atoms with Crippen LogP contribution in [0.4, 0.5) is 5.69 Å². The summed E-state index contributed by atoms with van der Waals surface area (Å²) in [6.45, 7) is 3.83. The van der Waals surface area contributed by atoms with Gasteiger partial charge >= 0.3 is 0 Å².